The fourth-order valence-electron chi connectivity index (χ4n) is 2.49. The van der Waals surface area contributed by atoms with Crippen molar-refractivity contribution in [1.29, 1.82) is 0 Å². The Labute approximate surface area is 113 Å². The van der Waals surface area contributed by atoms with E-state index in [1.165, 1.54) is 11.3 Å². The number of nitrogens with zero attached hydrogens (tertiary/aromatic N) is 3. The van der Waals surface area contributed by atoms with E-state index in [4.69, 9.17) is 9.97 Å². The molecule has 0 radical (unpaired) electrons. The van der Waals surface area contributed by atoms with Crippen LogP contribution in [0, 0.1) is 0 Å². The summed E-state index contributed by atoms with van der Waals surface area (Å²) in [6, 6.07) is 4.02. The largest absolute Gasteiger partial charge is 0.307 e. The quantitative estimate of drug-likeness (QED) is 0.912. The predicted octanol–water partition coefficient (Wildman–Crippen LogP) is 2.19. The topological polar surface area (TPSA) is 50.7 Å². The minimum absolute atomic E-state index is 0.435. The van der Waals surface area contributed by atoms with Crippen LogP contribution in [0.5, 0.6) is 0 Å². The molecule has 1 aliphatic rings. The van der Waals surface area contributed by atoms with Crippen molar-refractivity contribution in [2.24, 2.45) is 0 Å². The first kappa shape index (κ1) is 12.2. The van der Waals surface area contributed by atoms with Crippen molar-refractivity contribution in [3.05, 3.63) is 52.9 Å². The lowest BCUT2D eigenvalue weighted by Gasteiger charge is -2.12. The molecule has 0 bridgehead atoms. The minimum Gasteiger partial charge on any atom is -0.307 e. The van der Waals surface area contributed by atoms with Crippen molar-refractivity contribution >= 4 is 0 Å². The smallest absolute Gasteiger partial charge is 0.133 e. The molecule has 19 heavy (non-hydrogen) atoms. The van der Waals surface area contributed by atoms with E-state index >= 15 is 0 Å². The van der Waals surface area contributed by atoms with Gasteiger partial charge in [-0.25, -0.2) is 9.97 Å². The summed E-state index contributed by atoms with van der Waals surface area (Å²) in [5, 5.41) is 3.36. The van der Waals surface area contributed by atoms with Crippen LogP contribution in [-0.2, 0) is 19.5 Å². The van der Waals surface area contributed by atoms with E-state index in [0.717, 1.165) is 36.6 Å². The molecular weight excluding hydrogens is 236 g/mol. The van der Waals surface area contributed by atoms with Gasteiger partial charge in [-0.2, -0.15) is 0 Å². The Morgan fingerprint density at radius 2 is 2.16 bits per heavy atom. The van der Waals surface area contributed by atoms with Gasteiger partial charge in [0.1, 0.15) is 5.82 Å². The zero-order valence-electron chi connectivity index (χ0n) is 11.3. The molecule has 4 nitrogen and oxygen atoms in total. The second-order valence-corrected chi connectivity index (χ2v) is 5.25. The molecule has 0 spiro atoms. The Balaban J connectivity index is 1.97. The van der Waals surface area contributed by atoms with E-state index < -0.39 is 0 Å². The van der Waals surface area contributed by atoms with Crippen LogP contribution < -0.4 is 5.32 Å². The fourth-order valence-corrected chi connectivity index (χ4v) is 2.49. The zero-order chi connectivity index (χ0) is 13.2. The van der Waals surface area contributed by atoms with E-state index in [1.807, 2.05) is 12.3 Å². The van der Waals surface area contributed by atoms with Crippen LogP contribution in [0.2, 0.25) is 0 Å². The first-order chi connectivity index (χ1) is 9.24. The molecule has 0 amide bonds. The van der Waals surface area contributed by atoms with Crippen LogP contribution in [0.4, 0.5) is 0 Å². The SMILES string of the molecule is CC(C)c1nc(Cc2cccnc2)nc2c1CNC2. The molecule has 0 unspecified atom stereocenters. The minimum atomic E-state index is 0.435. The lowest BCUT2D eigenvalue weighted by molar-refractivity contribution is 0.745. The summed E-state index contributed by atoms with van der Waals surface area (Å²) in [4.78, 5) is 13.6. The molecule has 0 fully saturated rings. The van der Waals surface area contributed by atoms with Gasteiger partial charge in [-0.15, -0.1) is 0 Å². The molecule has 0 aliphatic carbocycles. The van der Waals surface area contributed by atoms with Crippen molar-refractivity contribution in [1.82, 2.24) is 20.3 Å². The summed E-state index contributed by atoms with van der Waals surface area (Å²) in [6.07, 6.45) is 4.42. The first-order valence-electron chi connectivity index (χ1n) is 6.72. The molecule has 0 atom stereocenters. The summed E-state index contributed by atoms with van der Waals surface area (Å²) in [6.45, 7) is 6.14. The lowest BCUT2D eigenvalue weighted by atomic mass is 10.0. The standard InChI is InChI=1S/C15H18N4/c1-10(2)15-12-8-17-9-13(12)18-14(19-15)6-11-4-3-5-16-7-11/h3-5,7,10,17H,6,8-9H2,1-2H3. The Morgan fingerprint density at radius 1 is 1.26 bits per heavy atom. The number of nitrogens with one attached hydrogen (secondary N) is 1. The van der Waals surface area contributed by atoms with Crippen LogP contribution in [-0.4, -0.2) is 15.0 Å². The van der Waals surface area contributed by atoms with Crippen molar-refractivity contribution in [2.45, 2.75) is 39.3 Å². The second kappa shape index (κ2) is 5.05. The van der Waals surface area contributed by atoms with Gasteiger partial charge < -0.3 is 5.32 Å². The molecule has 4 heteroatoms. The summed E-state index contributed by atoms with van der Waals surface area (Å²) in [7, 11) is 0. The maximum Gasteiger partial charge on any atom is 0.133 e. The molecule has 0 aromatic carbocycles. The van der Waals surface area contributed by atoms with Gasteiger partial charge in [0.25, 0.3) is 0 Å². The fraction of sp³-hybridized carbons (Fsp3) is 0.400. The highest BCUT2D eigenvalue weighted by Crippen LogP contribution is 2.23. The maximum absolute atomic E-state index is 4.76. The first-order valence-corrected chi connectivity index (χ1v) is 6.72. The average molecular weight is 254 g/mol. The molecule has 3 heterocycles. The third-order valence-corrected chi connectivity index (χ3v) is 3.40. The van der Waals surface area contributed by atoms with E-state index in [0.29, 0.717) is 5.92 Å². The van der Waals surface area contributed by atoms with Crippen molar-refractivity contribution in [3.8, 4) is 0 Å². The average Bonchev–Trinajstić information content (AvgIpc) is 2.87. The highest BCUT2D eigenvalue weighted by Gasteiger charge is 2.20. The monoisotopic (exact) mass is 254 g/mol. The van der Waals surface area contributed by atoms with Crippen LogP contribution in [0.1, 0.15) is 48.1 Å². The summed E-state index contributed by atoms with van der Waals surface area (Å²) in [5.74, 6) is 1.34. The Kier molecular flexibility index (Phi) is 3.25. The van der Waals surface area contributed by atoms with Gasteiger partial charge in [-0.1, -0.05) is 19.9 Å². The molecule has 2 aromatic heterocycles. The van der Waals surface area contributed by atoms with E-state index in [-0.39, 0.29) is 0 Å². The summed E-state index contributed by atoms with van der Waals surface area (Å²) in [5.41, 5.74) is 4.81. The van der Waals surface area contributed by atoms with Gasteiger partial charge in [0.05, 0.1) is 11.4 Å². The number of pyridine rings is 1. The Bertz CT molecular complexity index is 578. The van der Waals surface area contributed by atoms with E-state index in [2.05, 4.69) is 30.2 Å². The van der Waals surface area contributed by atoms with Crippen LogP contribution in [0.15, 0.2) is 24.5 Å². The lowest BCUT2D eigenvalue weighted by Crippen LogP contribution is -2.08. The normalized spacial score (nSPS) is 13.8. The molecule has 0 saturated heterocycles. The molecule has 1 aliphatic heterocycles. The van der Waals surface area contributed by atoms with E-state index in [1.54, 1.807) is 6.20 Å². The third kappa shape index (κ3) is 2.49. The van der Waals surface area contributed by atoms with E-state index in [9.17, 15) is 0 Å². The van der Waals surface area contributed by atoms with Crippen LogP contribution in [0.25, 0.3) is 0 Å². The van der Waals surface area contributed by atoms with Crippen LogP contribution in [0.3, 0.4) is 0 Å². The zero-order valence-corrected chi connectivity index (χ0v) is 11.3. The van der Waals surface area contributed by atoms with Gasteiger partial charge in [0.2, 0.25) is 0 Å². The highest BCUT2D eigenvalue weighted by atomic mass is 15.0. The molecule has 1 N–H and O–H groups in total. The van der Waals surface area contributed by atoms with Gasteiger partial charge in [0.15, 0.2) is 0 Å². The number of hydrogen-bond donors (Lipinski definition) is 1. The van der Waals surface area contributed by atoms with Crippen molar-refractivity contribution < 1.29 is 0 Å². The summed E-state index contributed by atoms with van der Waals surface area (Å²) < 4.78 is 0. The number of rotatable bonds is 3. The van der Waals surface area contributed by atoms with Gasteiger partial charge in [-0.3, -0.25) is 4.98 Å². The molecule has 2 aromatic rings. The maximum atomic E-state index is 4.76. The number of fused-ring (bicyclic) bond motifs is 1. The van der Waals surface area contributed by atoms with Crippen LogP contribution >= 0.6 is 0 Å². The van der Waals surface area contributed by atoms with Crippen molar-refractivity contribution in [3.63, 3.8) is 0 Å². The molecule has 3 rings (SSSR count). The number of aromatic nitrogens is 3. The van der Waals surface area contributed by atoms with Gasteiger partial charge in [-0.05, 0) is 17.5 Å². The Morgan fingerprint density at radius 3 is 2.89 bits per heavy atom. The van der Waals surface area contributed by atoms with Gasteiger partial charge >= 0.3 is 0 Å². The second-order valence-electron chi connectivity index (χ2n) is 5.25. The number of hydrogen-bond acceptors (Lipinski definition) is 4. The molecular formula is C15H18N4. The predicted molar refractivity (Wildman–Crippen MR) is 73.7 cm³/mol. The van der Waals surface area contributed by atoms with Gasteiger partial charge in [0, 0.05) is 37.5 Å². The van der Waals surface area contributed by atoms with Crippen molar-refractivity contribution in [2.75, 3.05) is 0 Å². The Hall–Kier alpha value is -1.81. The molecule has 98 valence electrons. The highest BCUT2D eigenvalue weighted by molar-refractivity contribution is 5.32. The third-order valence-electron chi connectivity index (χ3n) is 3.40. The molecule has 0 saturated carbocycles. The summed E-state index contributed by atoms with van der Waals surface area (Å²) >= 11 is 0.